The van der Waals surface area contributed by atoms with Gasteiger partial charge >= 0.3 is 0 Å². The van der Waals surface area contributed by atoms with Crippen LogP contribution < -0.4 is 0 Å². The van der Waals surface area contributed by atoms with Crippen LogP contribution in [0.25, 0.3) is 0 Å². The van der Waals surface area contributed by atoms with Crippen LogP contribution in [0.4, 0.5) is 0 Å². The fourth-order valence-electron chi connectivity index (χ4n) is 3.27. The Kier molecular flexibility index (Phi) is 4.55. The number of hydrogen-bond donors (Lipinski definition) is 0. The first kappa shape index (κ1) is 16.2. The highest BCUT2D eigenvalue weighted by molar-refractivity contribution is 7.86. The van der Waals surface area contributed by atoms with Crippen molar-refractivity contribution >= 4 is 10.1 Å². The first-order valence-corrected chi connectivity index (χ1v) is 9.45. The number of rotatable bonds is 4. The zero-order valence-electron chi connectivity index (χ0n) is 13.3. The third-order valence-electron chi connectivity index (χ3n) is 4.66. The SMILES string of the molecule is CC1(OS(=O)(=O)c2ccccc2)CCC(c2ccccc2)CC1. The molecule has 0 atom stereocenters. The number of benzene rings is 2. The van der Waals surface area contributed by atoms with Crippen LogP contribution >= 0.6 is 0 Å². The van der Waals surface area contributed by atoms with Gasteiger partial charge in [0.1, 0.15) is 0 Å². The maximum Gasteiger partial charge on any atom is 0.297 e. The van der Waals surface area contributed by atoms with Crippen LogP contribution in [-0.2, 0) is 14.3 Å². The molecule has 3 rings (SSSR count). The molecule has 0 spiro atoms. The molecule has 0 aromatic heterocycles. The zero-order valence-corrected chi connectivity index (χ0v) is 14.1. The fraction of sp³-hybridized carbons (Fsp3) is 0.368. The van der Waals surface area contributed by atoms with Crippen LogP contribution in [0.2, 0.25) is 0 Å². The summed E-state index contributed by atoms with van der Waals surface area (Å²) in [5, 5.41) is 0. The first-order valence-electron chi connectivity index (χ1n) is 8.04. The summed E-state index contributed by atoms with van der Waals surface area (Å²) in [6.07, 6.45) is 3.40. The van der Waals surface area contributed by atoms with Crippen molar-refractivity contribution in [3.05, 3.63) is 66.2 Å². The zero-order chi connectivity index (χ0) is 16.3. The second kappa shape index (κ2) is 6.46. The van der Waals surface area contributed by atoms with E-state index in [1.807, 2.05) is 13.0 Å². The van der Waals surface area contributed by atoms with Crippen molar-refractivity contribution in [2.75, 3.05) is 0 Å². The summed E-state index contributed by atoms with van der Waals surface area (Å²) in [7, 11) is -3.70. The summed E-state index contributed by atoms with van der Waals surface area (Å²) in [4.78, 5) is 0.228. The highest BCUT2D eigenvalue weighted by Crippen LogP contribution is 2.41. The third kappa shape index (κ3) is 3.82. The quantitative estimate of drug-likeness (QED) is 0.775. The molecule has 1 aliphatic carbocycles. The fourth-order valence-corrected chi connectivity index (χ4v) is 4.55. The normalized spacial score (nSPS) is 25.2. The van der Waals surface area contributed by atoms with Crippen LogP contribution in [0.1, 0.15) is 44.1 Å². The van der Waals surface area contributed by atoms with Gasteiger partial charge in [-0.1, -0.05) is 48.5 Å². The van der Waals surface area contributed by atoms with Crippen LogP contribution in [0, 0.1) is 0 Å². The predicted molar refractivity (Wildman–Crippen MR) is 90.8 cm³/mol. The molecule has 122 valence electrons. The van der Waals surface area contributed by atoms with Gasteiger partial charge in [0, 0.05) is 0 Å². The van der Waals surface area contributed by atoms with Crippen LogP contribution in [0.15, 0.2) is 65.6 Å². The molecule has 1 fully saturated rings. The highest BCUT2D eigenvalue weighted by Gasteiger charge is 2.37. The second-order valence-electron chi connectivity index (χ2n) is 6.49. The summed E-state index contributed by atoms with van der Waals surface area (Å²) in [5.74, 6) is 0.493. The van der Waals surface area contributed by atoms with E-state index in [4.69, 9.17) is 4.18 Å². The van der Waals surface area contributed by atoms with Crippen LogP contribution in [-0.4, -0.2) is 14.0 Å². The molecule has 0 radical (unpaired) electrons. The van der Waals surface area contributed by atoms with E-state index in [0.717, 1.165) is 25.7 Å². The smallest absolute Gasteiger partial charge is 0.260 e. The Hall–Kier alpha value is -1.65. The topological polar surface area (TPSA) is 43.4 Å². The summed E-state index contributed by atoms with van der Waals surface area (Å²) < 4.78 is 30.5. The van der Waals surface area contributed by atoms with E-state index in [1.165, 1.54) is 5.56 Å². The van der Waals surface area contributed by atoms with Crippen molar-refractivity contribution in [3.8, 4) is 0 Å². The molecule has 0 N–H and O–H groups in total. The molecule has 0 unspecified atom stereocenters. The van der Waals surface area contributed by atoms with Gasteiger partial charge in [-0.05, 0) is 56.2 Å². The first-order chi connectivity index (χ1) is 11.0. The highest BCUT2D eigenvalue weighted by atomic mass is 32.2. The molecule has 0 heterocycles. The Morgan fingerprint density at radius 2 is 1.43 bits per heavy atom. The molecule has 0 amide bonds. The molecule has 3 nitrogen and oxygen atoms in total. The van der Waals surface area contributed by atoms with Gasteiger partial charge in [0.25, 0.3) is 10.1 Å². The Balaban J connectivity index is 1.68. The van der Waals surface area contributed by atoms with Gasteiger partial charge < -0.3 is 0 Å². The maximum absolute atomic E-state index is 12.4. The van der Waals surface area contributed by atoms with E-state index in [1.54, 1.807) is 30.3 Å². The Morgan fingerprint density at radius 1 is 0.913 bits per heavy atom. The van der Waals surface area contributed by atoms with Crippen molar-refractivity contribution in [2.45, 2.75) is 49.0 Å². The summed E-state index contributed by atoms with van der Waals surface area (Å²) in [5.41, 5.74) is 0.723. The summed E-state index contributed by atoms with van der Waals surface area (Å²) in [6, 6.07) is 18.8. The predicted octanol–water partition coefficient (Wildman–Crippen LogP) is 4.51. The molecule has 0 bridgehead atoms. The van der Waals surface area contributed by atoms with Crippen molar-refractivity contribution < 1.29 is 12.6 Å². The second-order valence-corrected chi connectivity index (χ2v) is 8.03. The molecule has 2 aromatic rings. The van der Waals surface area contributed by atoms with Crippen molar-refractivity contribution in [1.29, 1.82) is 0 Å². The van der Waals surface area contributed by atoms with E-state index in [0.29, 0.717) is 5.92 Å². The van der Waals surface area contributed by atoms with Gasteiger partial charge in [0.05, 0.1) is 10.5 Å². The van der Waals surface area contributed by atoms with Crippen molar-refractivity contribution in [2.24, 2.45) is 0 Å². The summed E-state index contributed by atoms with van der Waals surface area (Å²) in [6.45, 7) is 1.91. The van der Waals surface area contributed by atoms with Gasteiger partial charge in [-0.3, -0.25) is 4.18 Å². The standard InChI is InChI=1S/C19H22O3S/c1-19(22-23(20,21)18-10-6-3-7-11-18)14-12-17(13-15-19)16-8-4-2-5-9-16/h2-11,17H,12-15H2,1H3. The largest absolute Gasteiger partial charge is 0.297 e. The molecular formula is C19H22O3S. The van der Waals surface area contributed by atoms with Gasteiger partial charge in [-0.25, -0.2) is 0 Å². The molecule has 0 saturated heterocycles. The molecule has 4 heteroatoms. The molecule has 2 aromatic carbocycles. The Morgan fingerprint density at radius 3 is 2.00 bits per heavy atom. The van der Waals surface area contributed by atoms with E-state index in [-0.39, 0.29) is 4.90 Å². The molecule has 1 saturated carbocycles. The van der Waals surface area contributed by atoms with Crippen LogP contribution in [0.5, 0.6) is 0 Å². The lowest BCUT2D eigenvalue weighted by Gasteiger charge is -2.36. The maximum atomic E-state index is 12.4. The average molecular weight is 330 g/mol. The average Bonchev–Trinajstić information content (AvgIpc) is 2.56. The lowest BCUT2D eigenvalue weighted by atomic mass is 9.77. The monoisotopic (exact) mass is 330 g/mol. The minimum atomic E-state index is -3.70. The molecule has 0 aliphatic heterocycles. The summed E-state index contributed by atoms with van der Waals surface area (Å²) >= 11 is 0. The van der Waals surface area contributed by atoms with Crippen LogP contribution in [0.3, 0.4) is 0 Å². The minimum absolute atomic E-state index is 0.228. The lowest BCUT2D eigenvalue weighted by molar-refractivity contribution is 0.0497. The third-order valence-corrected chi connectivity index (χ3v) is 6.13. The van der Waals surface area contributed by atoms with Gasteiger partial charge in [-0.15, -0.1) is 0 Å². The van der Waals surface area contributed by atoms with Crippen molar-refractivity contribution in [3.63, 3.8) is 0 Å². The molecule has 23 heavy (non-hydrogen) atoms. The van der Waals surface area contributed by atoms with Gasteiger partial charge in [0.15, 0.2) is 0 Å². The van der Waals surface area contributed by atoms with E-state index in [9.17, 15) is 8.42 Å². The van der Waals surface area contributed by atoms with Gasteiger partial charge in [-0.2, -0.15) is 8.42 Å². The van der Waals surface area contributed by atoms with E-state index in [2.05, 4.69) is 24.3 Å². The molecular weight excluding hydrogens is 308 g/mol. The number of hydrogen-bond acceptors (Lipinski definition) is 3. The Bertz CT molecular complexity index is 731. The van der Waals surface area contributed by atoms with E-state index >= 15 is 0 Å². The lowest BCUT2D eigenvalue weighted by Crippen LogP contribution is -2.35. The Labute approximate surface area is 138 Å². The molecule has 1 aliphatic rings. The minimum Gasteiger partial charge on any atom is -0.260 e. The van der Waals surface area contributed by atoms with E-state index < -0.39 is 15.7 Å². The van der Waals surface area contributed by atoms with Gasteiger partial charge in [0.2, 0.25) is 0 Å². The van der Waals surface area contributed by atoms with Crippen molar-refractivity contribution in [1.82, 2.24) is 0 Å².